The molecule has 0 fully saturated rings. The second-order valence-electron chi connectivity index (χ2n) is 4.00. The van der Waals surface area contributed by atoms with Crippen molar-refractivity contribution in [2.24, 2.45) is 5.73 Å². The zero-order chi connectivity index (χ0) is 13.9. The maximum atomic E-state index is 12.7. The van der Waals surface area contributed by atoms with Crippen molar-refractivity contribution in [3.63, 3.8) is 0 Å². The second kappa shape index (κ2) is 5.66. The number of nitrogens with two attached hydrogens (primary N) is 1. The van der Waals surface area contributed by atoms with Crippen LogP contribution in [0.25, 0.3) is 0 Å². The minimum Gasteiger partial charge on any atom is -0.375 e. The Hall–Kier alpha value is -1.15. The molecule has 2 atom stereocenters. The monoisotopic (exact) mass is 266 g/mol. The van der Waals surface area contributed by atoms with Gasteiger partial charge in [-0.15, -0.1) is 5.10 Å². The highest BCUT2D eigenvalue weighted by atomic mass is 19.4. The highest BCUT2D eigenvalue weighted by Crippen LogP contribution is 2.32. The van der Waals surface area contributed by atoms with E-state index >= 15 is 0 Å². The summed E-state index contributed by atoms with van der Waals surface area (Å²) >= 11 is 0. The van der Waals surface area contributed by atoms with Gasteiger partial charge in [0.1, 0.15) is 6.04 Å². The first-order valence-corrected chi connectivity index (χ1v) is 5.56. The van der Waals surface area contributed by atoms with Gasteiger partial charge in [-0.2, -0.15) is 13.2 Å². The van der Waals surface area contributed by atoms with Crippen molar-refractivity contribution in [1.82, 2.24) is 15.0 Å². The Morgan fingerprint density at radius 1 is 1.39 bits per heavy atom. The fourth-order valence-corrected chi connectivity index (χ4v) is 1.61. The van der Waals surface area contributed by atoms with Gasteiger partial charge in [0.25, 0.3) is 0 Å². The molecule has 1 aromatic rings. The highest BCUT2D eigenvalue weighted by Gasteiger charge is 2.40. The van der Waals surface area contributed by atoms with Crippen molar-refractivity contribution in [1.29, 1.82) is 0 Å². The summed E-state index contributed by atoms with van der Waals surface area (Å²) in [6, 6.07) is -1.75. The van der Waals surface area contributed by atoms with E-state index in [-0.39, 0.29) is 0 Å². The molecule has 2 N–H and O–H groups in total. The largest absolute Gasteiger partial charge is 0.410 e. The van der Waals surface area contributed by atoms with Crippen LogP contribution in [0, 0.1) is 0 Å². The molecule has 0 radical (unpaired) electrons. The molecule has 1 heterocycles. The predicted octanol–water partition coefficient (Wildman–Crippen LogP) is 1.61. The van der Waals surface area contributed by atoms with E-state index in [4.69, 9.17) is 10.5 Å². The van der Waals surface area contributed by atoms with Crippen molar-refractivity contribution < 1.29 is 17.9 Å². The Labute approximate surface area is 103 Å². The number of rotatable bonds is 5. The maximum Gasteiger partial charge on any atom is 0.410 e. The van der Waals surface area contributed by atoms with E-state index in [1.807, 2.05) is 0 Å². The van der Waals surface area contributed by atoms with E-state index in [1.54, 1.807) is 6.92 Å². The number of hydrogen-bond acceptors (Lipinski definition) is 4. The van der Waals surface area contributed by atoms with Gasteiger partial charge < -0.3 is 10.5 Å². The maximum absolute atomic E-state index is 12.7. The van der Waals surface area contributed by atoms with Gasteiger partial charge in [-0.25, -0.2) is 4.68 Å². The van der Waals surface area contributed by atoms with E-state index in [0.29, 0.717) is 24.4 Å². The molecular formula is C10H17F3N4O. The van der Waals surface area contributed by atoms with E-state index in [2.05, 4.69) is 10.3 Å². The number of halogens is 3. The number of nitrogens with zero attached hydrogens (tertiary/aromatic N) is 3. The average Bonchev–Trinajstić information content (AvgIpc) is 2.70. The quantitative estimate of drug-likeness (QED) is 0.879. The van der Waals surface area contributed by atoms with Gasteiger partial charge in [0, 0.05) is 13.5 Å². The van der Waals surface area contributed by atoms with Crippen LogP contribution in [0.4, 0.5) is 13.2 Å². The van der Waals surface area contributed by atoms with E-state index in [0.717, 1.165) is 11.6 Å². The van der Waals surface area contributed by atoms with Gasteiger partial charge in [-0.1, -0.05) is 5.21 Å². The molecule has 0 aliphatic carbocycles. The Morgan fingerprint density at radius 2 is 2.00 bits per heavy atom. The first-order valence-electron chi connectivity index (χ1n) is 5.56. The lowest BCUT2D eigenvalue weighted by Crippen LogP contribution is -2.27. The van der Waals surface area contributed by atoms with Crippen LogP contribution in [0.5, 0.6) is 0 Å². The molecule has 18 heavy (non-hydrogen) atoms. The van der Waals surface area contributed by atoms with Gasteiger partial charge in [0.05, 0.1) is 17.5 Å². The topological polar surface area (TPSA) is 66.0 Å². The Morgan fingerprint density at radius 3 is 2.44 bits per heavy atom. The van der Waals surface area contributed by atoms with Gasteiger partial charge >= 0.3 is 6.18 Å². The summed E-state index contributed by atoms with van der Waals surface area (Å²) in [4.78, 5) is 0. The van der Waals surface area contributed by atoms with E-state index in [1.165, 1.54) is 7.11 Å². The lowest BCUT2D eigenvalue weighted by molar-refractivity contribution is -0.166. The standard InChI is InChI=1S/C10H17F3N4O/c1-6(18-3)9-8(4-5-14)15-16-17(9)7(2)10(11,12)13/h6-7H,4-5,14H2,1-3H3. The predicted molar refractivity (Wildman–Crippen MR) is 59.0 cm³/mol. The third-order valence-electron chi connectivity index (χ3n) is 2.76. The smallest absolute Gasteiger partial charge is 0.375 e. The normalized spacial score (nSPS) is 15.7. The van der Waals surface area contributed by atoms with Crippen molar-refractivity contribution in [3.8, 4) is 0 Å². The van der Waals surface area contributed by atoms with E-state index in [9.17, 15) is 13.2 Å². The third-order valence-corrected chi connectivity index (χ3v) is 2.76. The molecule has 1 rings (SSSR count). The molecule has 0 amide bonds. The van der Waals surface area contributed by atoms with Crippen LogP contribution >= 0.6 is 0 Å². The van der Waals surface area contributed by atoms with Crippen LogP contribution in [-0.4, -0.2) is 34.8 Å². The lowest BCUT2D eigenvalue weighted by atomic mass is 10.1. The zero-order valence-electron chi connectivity index (χ0n) is 10.5. The number of aromatic nitrogens is 3. The number of alkyl halides is 3. The molecule has 0 saturated carbocycles. The summed E-state index contributed by atoms with van der Waals surface area (Å²) in [7, 11) is 1.42. The molecule has 2 unspecified atom stereocenters. The summed E-state index contributed by atoms with van der Waals surface area (Å²) in [5.74, 6) is 0. The molecule has 0 spiro atoms. The number of hydrogen-bond donors (Lipinski definition) is 1. The van der Waals surface area contributed by atoms with Crippen LogP contribution in [0.1, 0.15) is 37.4 Å². The SMILES string of the molecule is COC(C)c1c(CCN)nnn1C(C)C(F)(F)F. The molecule has 0 saturated heterocycles. The highest BCUT2D eigenvalue weighted by molar-refractivity contribution is 5.14. The fourth-order valence-electron chi connectivity index (χ4n) is 1.61. The van der Waals surface area contributed by atoms with Crippen LogP contribution < -0.4 is 5.73 Å². The zero-order valence-corrected chi connectivity index (χ0v) is 10.5. The number of methoxy groups -OCH3 is 1. The van der Waals surface area contributed by atoms with Gasteiger partial charge in [0.15, 0.2) is 0 Å². The molecule has 0 aromatic carbocycles. The number of ether oxygens (including phenoxy) is 1. The minimum absolute atomic E-state index is 0.294. The molecule has 104 valence electrons. The lowest BCUT2D eigenvalue weighted by Gasteiger charge is -2.20. The molecule has 0 aliphatic rings. The fraction of sp³-hybridized carbons (Fsp3) is 0.800. The first-order chi connectivity index (χ1) is 8.32. The van der Waals surface area contributed by atoms with Crippen molar-refractivity contribution >= 4 is 0 Å². The Balaban J connectivity index is 3.19. The Bertz CT molecular complexity index is 391. The van der Waals surface area contributed by atoms with Gasteiger partial charge in [-0.05, 0) is 20.4 Å². The second-order valence-corrected chi connectivity index (χ2v) is 4.00. The summed E-state index contributed by atoms with van der Waals surface area (Å²) in [5.41, 5.74) is 6.18. The molecule has 0 aliphatic heterocycles. The summed E-state index contributed by atoms with van der Waals surface area (Å²) < 4.78 is 44.1. The molecular weight excluding hydrogens is 249 g/mol. The summed E-state index contributed by atoms with van der Waals surface area (Å²) in [6.07, 6.45) is -4.53. The van der Waals surface area contributed by atoms with Crippen LogP contribution in [0.15, 0.2) is 0 Å². The molecule has 1 aromatic heterocycles. The van der Waals surface area contributed by atoms with Crippen LogP contribution in [0.3, 0.4) is 0 Å². The molecule has 5 nitrogen and oxygen atoms in total. The van der Waals surface area contributed by atoms with Crippen molar-refractivity contribution in [2.45, 2.75) is 38.6 Å². The Kier molecular flexibility index (Phi) is 4.69. The van der Waals surface area contributed by atoms with Crippen LogP contribution in [-0.2, 0) is 11.2 Å². The minimum atomic E-state index is -4.38. The first kappa shape index (κ1) is 14.9. The van der Waals surface area contributed by atoms with Crippen molar-refractivity contribution in [3.05, 3.63) is 11.4 Å². The molecule has 0 bridgehead atoms. The summed E-state index contributed by atoms with van der Waals surface area (Å²) in [5, 5.41) is 7.34. The average molecular weight is 266 g/mol. The van der Waals surface area contributed by atoms with Crippen molar-refractivity contribution in [2.75, 3.05) is 13.7 Å². The molecule has 8 heteroatoms. The van der Waals surface area contributed by atoms with Gasteiger partial charge in [-0.3, -0.25) is 0 Å². The summed E-state index contributed by atoms with van der Waals surface area (Å²) in [6.45, 7) is 2.98. The van der Waals surface area contributed by atoms with E-state index < -0.39 is 18.3 Å². The van der Waals surface area contributed by atoms with Crippen LogP contribution in [0.2, 0.25) is 0 Å². The third kappa shape index (κ3) is 2.99. The van der Waals surface area contributed by atoms with Gasteiger partial charge in [0.2, 0.25) is 0 Å².